The van der Waals surface area contributed by atoms with Gasteiger partial charge in [0.1, 0.15) is 11.5 Å². The molecule has 0 saturated heterocycles. The third kappa shape index (κ3) is 3.94. The van der Waals surface area contributed by atoms with Crippen molar-refractivity contribution < 1.29 is 19.1 Å². The summed E-state index contributed by atoms with van der Waals surface area (Å²) in [5, 5.41) is 13.6. The van der Waals surface area contributed by atoms with Gasteiger partial charge in [-0.15, -0.1) is 0 Å². The number of halogens is 2. The van der Waals surface area contributed by atoms with E-state index in [1.807, 2.05) is 0 Å². The van der Waals surface area contributed by atoms with Crippen LogP contribution in [0, 0.1) is 23.6 Å². The number of benzene rings is 1. The molecule has 2 amide bonds. The standard InChI is InChI=1S/C22H26ClFN4O3/c1-11(20(25)29)22(31)8-13-5-12(6-14(13)9-22)18-19(28(2)10-26-18)21(30)27-15-3-4-17(24)16(23)7-15/h3-4,7,10-14,31H,5-6,8-9H2,1-2H3,(H2,25,29)(H,27,30)/t11-,12?,13?,14?,22?/m0/s1. The molecule has 9 heteroatoms. The van der Waals surface area contributed by atoms with Gasteiger partial charge in [0.15, 0.2) is 0 Å². The lowest BCUT2D eigenvalue weighted by molar-refractivity contribution is -0.130. The third-order valence-electron chi connectivity index (χ3n) is 7.05. The van der Waals surface area contributed by atoms with Gasteiger partial charge in [-0.3, -0.25) is 9.59 Å². The quantitative estimate of drug-likeness (QED) is 0.652. The number of fused-ring (bicyclic) bond motifs is 1. The molecule has 166 valence electrons. The van der Waals surface area contributed by atoms with E-state index in [0.29, 0.717) is 29.9 Å². The van der Waals surface area contributed by atoms with Gasteiger partial charge in [-0.2, -0.15) is 0 Å². The van der Waals surface area contributed by atoms with Crippen LogP contribution in [0.5, 0.6) is 0 Å². The van der Waals surface area contributed by atoms with Crippen LogP contribution in [0.25, 0.3) is 0 Å². The Labute approximate surface area is 184 Å². The number of hydrogen-bond donors (Lipinski definition) is 3. The molecule has 2 aromatic rings. The average molecular weight is 449 g/mol. The highest BCUT2D eigenvalue weighted by molar-refractivity contribution is 6.31. The Hall–Kier alpha value is -2.45. The molecule has 1 heterocycles. The Morgan fingerprint density at radius 2 is 2.00 bits per heavy atom. The van der Waals surface area contributed by atoms with Crippen molar-refractivity contribution in [3.8, 4) is 0 Å². The zero-order valence-electron chi connectivity index (χ0n) is 17.4. The van der Waals surface area contributed by atoms with E-state index in [9.17, 15) is 19.1 Å². The number of nitrogens with two attached hydrogens (primary N) is 1. The van der Waals surface area contributed by atoms with Crippen LogP contribution in [0.1, 0.15) is 54.7 Å². The first-order valence-corrected chi connectivity index (χ1v) is 10.8. The first-order valence-electron chi connectivity index (χ1n) is 10.4. The molecule has 0 bridgehead atoms. The number of anilines is 1. The number of imidazole rings is 1. The van der Waals surface area contributed by atoms with E-state index in [1.54, 1.807) is 24.9 Å². The monoisotopic (exact) mass is 448 g/mol. The van der Waals surface area contributed by atoms with E-state index in [2.05, 4.69) is 10.3 Å². The van der Waals surface area contributed by atoms with Gasteiger partial charge in [0, 0.05) is 18.7 Å². The summed E-state index contributed by atoms with van der Waals surface area (Å²) in [5.74, 6) is -1.37. The smallest absolute Gasteiger partial charge is 0.274 e. The van der Waals surface area contributed by atoms with Crippen LogP contribution in [0.15, 0.2) is 24.5 Å². The van der Waals surface area contributed by atoms with Crippen molar-refractivity contribution in [2.45, 2.75) is 44.1 Å². The fraction of sp³-hybridized carbons (Fsp3) is 0.500. The van der Waals surface area contributed by atoms with Crippen molar-refractivity contribution in [1.82, 2.24) is 9.55 Å². The highest BCUT2D eigenvalue weighted by Gasteiger charge is 2.53. The molecule has 2 unspecified atom stereocenters. The van der Waals surface area contributed by atoms with Crippen LogP contribution in [0.3, 0.4) is 0 Å². The van der Waals surface area contributed by atoms with E-state index in [-0.39, 0.29) is 28.7 Å². The lowest BCUT2D eigenvalue weighted by Crippen LogP contribution is -2.42. The highest BCUT2D eigenvalue weighted by Crippen LogP contribution is 2.55. The van der Waals surface area contributed by atoms with Crippen molar-refractivity contribution in [2.24, 2.45) is 30.5 Å². The number of aliphatic hydroxyl groups is 1. The van der Waals surface area contributed by atoms with E-state index in [1.165, 1.54) is 18.2 Å². The van der Waals surface area contributed by atoms with Gasteiger partial charge >= 0.3 is 0 Å². The first-order chi connectivity index (χ1) is 14.6. The Bertz CT molecular complexity index is 1030. The number of primary amides is 1. The number of rotatable bonds is 5. The first kappa shape index (κ1) is 21.8. The highest BCUT2D eigenvalue weighted by atomic mass is 35.5. The van der Waals surface area contributed by atoms with E-state index >= 15 is 0 Å². The molecule has 0 radical (unpaired) electrons. The summed E-state index contributed by atoms with van der Waals surface area (Å²) in [6.45, 7) is 1.68. The van der Waals surface area contributed by atoms with Crippen LogP contribution in [-0.4, -0.2) is 32.1 Å². The summed E-state index contributed by atoms with van der Waals surface area (Å²) < 4.78 is 15.1. The predicted octanol–water partition coefficient (Wildman–Crippen LogP) is 3.22. The number of amides is 2. The molecule has 4 rings (SSSR count). The minimum absolute atomic E-state index is 0.0654. The Balaban J connectivity index is 1.50. The van der Waals surface area contributed by atoms with E-state index in [4.69, 9.17) is 17.3 Å². The number of carbonyl (C=O) groups excluding carboxylic acids is 2. The fourth-order valence-corrected chi connectivity index (χ4v) is 5.51. The fourth-order valence-electron chi connectivity index (χ4n) is 5.33. The lowest BCUT2D eigenvalue weighted by atomic mass is 9.83. The van der Waals surface area contributed by atoms with Gasteiger partial charge in [-0.05, 0) is 55.7 Å². The molecule has 1 aromatic heterocycles. The van der Waals surface area contributed by atoms with Crippen molar-refractivity contribution >= 4 is 29.1 Å². The van der Waals surface area contributed by atoms with Gasteiger partial charge in [0.2, 0.25) is 5.91 Å². The van der Waals surface area contributed by atoms with Crippen molar-refractivity contribution in [2.75, 3.05) is 5.32 Å². The topological polar surface area (TPSA) is 110 Å². The Morgan fingerprint density at radius 3 is 2.58 bits per heavy atom. The zero-order valence-corrected chi connectivity index (χ0v) is 18.2. The minimum Gasteiger partial charge on any atom is -0.389 e. The molecule has 2 fully saturated rings. The van der Waals surface area contributed by atoms with Crippen LogP contribution < -0.4 is 11.1 Å². The molecular formula is C22H26ClFN4O3. The van der Waals surface area contributed by atoms with Crippen molar-refractivity contribution in [3.63, 3.8) is 0 Å². The van der Waals surface area contributed by atoms with Gasteiger partial charge in [-0.1, -0.05) is 18.5 Å². The van der Waals surface area contributed by atoms with E-state index in [0.717, 1.165) is 12.8 Å². The van der Waals surface area contributed by atoms with Crippen LogP contribution in [0.2, 0.25) is 5.02 Å². The summed E-state index contributed by atoms with van der Waals surface area (Å²) in [5.41, 5.74) is 5.93. The molecule has 0 spiro atoms. The summed E-state index contributed by atoms with van der Waals surface area (Å²) in [6.07, 6.45) is 4.25. The second kappa shape index (κ2) is 7.91. The zero-order chi connectivity index (χ0) is 22.5. The third-order valence-corrected chi connectivity index (χ3v) is 7.34. The largest absolute Gasteiger partial charge is 0.389 e. The normalized spacial score (nSPS) is 28.4. The molecule has 7 nitrogen and oxygen atoms in total. The number of hydrogen-bond acceptors (Lipinski definition) is 4. The second-order valence-electron chi connectivity index (χ2n) is 9.00. The van der Waals surface area contributed by atoms with Crippen LogP contribution in [0.4, 0.5) is 10.1 Å². The van der Waals surface area contributed by atoms with E-state index < -0.39 is 23.2 Å². The molecular weight excluding hydrogens is 423 g/mol. The number of nitrogens with zero attached hydrogens (tertiary/aromatic N) is 2. The molecule has 2 aliphatic rings. The summed E-state index contributed by atoms with van der Waals surface area (Å²) in [7, 11) is 1.76. The predicted molar refractivity (Wildman–Crippen MR) is 114 cm³/mol. The molecule has 0 aliphatic heterocycles. The van der Waals surface area contributed by atoms with Gasteiger partial charge < -0.3 is 20.7 Å². The maximum Gasteiger partial charge on any atom is 0.274 e. The molecule has 2 aliphatic carbocycles. The molecule has 2 saturated carbocycles. The molecule has 4 N–H and O–H groups in total. The molecule has 1 aromatic carbocycles. The SMILES string of the molecule is C[C@@H](C(N)=O)C1(O)CC2CC(c3ncn(C)c3C(=O)Nc3ccc(F)c(Cl)c3)CC2C1. The van der Waals surface area contributed by atoms with Gasteiger partial charge in [0.25, 0.3) is 5.91 Å². The Kier molecular flexibility index (Phi) is 5.55. The van der Waals surface area contributed by atoms with Crippen LogP contribution >= 0.6 is 11.6 Å². The summed E-state index contributed by atoms with van der Waals surface area (Å²) in [4.78, 5) is 29.1. The summed E-state index contributed by atoms with van der Waals surface area (Å²) in [6, 6.07) is 4.02. The minimum atomic E-state index is -1.06. The molecule has 31 heavy (non-hydrogen) atoms. The van der Waals surface area contributed by atoms with Gasteiger partial charge in [-0.25, -0.2) is 9.37 Å². The van der Waals surface area contributed by atoms with Crippen molar-refractivity contribution in [3.05, 3.63) is 46.8 Å². The van der Waals surface area contributed by atoms with Crippen LogP contribution in [-0.2, 0) is 11.8 Å². The maximum atomic E-state index is 13.4. The number of aryl methyl sites for hydroxylation is 1. The maximum absolute atomic E-state index is 13.4. The molecule has 3 atom stereocenters. The summed E-state index contributed by atoms with van der Waals surface area (Å²) >= 11 is 5.81. The number of carbonyl (C=O) groups is 2. The Morgan fingerprint density at radius 1 is 1.35 bits per heavy atom. The number of nitrogens with one attached hydrogen (secondary N) is 1. The lowest BCUT2D eigenvalue weighted by Gasteiger charge is -2.29. The second-order valence-corrected chi connectivity index (χ2v) is 9.40. The number of aromatic nitrogens is 2. The van der Waals surface area contributed by atoms with Gasteiger partial charge in [0.05, 0.1) is 28.6 Å². The van der Waals surface area contributed by atoms with Crippen molar-refractivity contribution in [1.29, 1.82) is 0 Å². The average Bonchev–Trinajstić information content (AvgIpc) is 3.35.